The average molecular weight is 326 g/mol. The van der Waals surface area contributed by atoms with Crippen LogP contribution in [-0.4, -0.2) is 10.9 Å². The van der Waals surface area contributed by atoms with Gasteiger partial charge in [0.15, 0.2) is 0 Å². The Morgan fingerprint density at radius 3 is 2.79 bits per heavy atom. The van der Waals surface area contributed by atoms with E-state index in [-0.39, 0.29) is 23.8 Å². The highest BCUT2D eigenvalue weighted by Crippen LogP contribution is 2.18. The van der Waals surface area contributed by atoms with E-state index in [9.17, 15) is 14.0 Å². The summed E-state index contributed by atoms with van der Waals surface area (Å²) in [5, 5.41) is 2.76. The second-order valence-corrected chi connectivity index (χ2v) is 6.04. The molecule has 1 aliphatic carbocycles. The SMILES string of the molecule is C/C(=C\c1ccc(F)cc1)C(=O)NCc1cc2c([nH]c1=O)CCC2. The summed E-state index contributed by atoms with van der Waals surface area (Å²) in [6.45, 7) is 1.88. The normalized spacial score (nSPS) is 13.7. The molecule has 0 fully saturated rings. The van der Waals surface area contributed by atoms with Crippen LogP contribution in [0.25, 0.3) is 6.08 Å². The van der Waals surface area contributed by atoms with E-state index in [2.05, 4.69) is 10.3 Å². The molecule has 2 N–H and O–H groups in total. The third-order valence-electron chi connectivity index (χ3n) is 4.22. The van der Waals surface area contributed by atoms with Gasteiger partial charge in [0.25, 0.3) is 5.56 Å². The Balaban J connectivity index is 1.67. The fraction of sp³-hybridized carbons (Fsp3) is 0.263. The van der Waals surface area contributed by atoms with Gasteiger partial charge in [-0.2, -0.15) is 0 Å². The maximum absolute atomic E-state index is 12.9. The van der Waals surface area contributed by atoms with Crippen LogP contribution in [0.2, 0.25) is 0 Å². The van der Waals surface area contributed by atoms with Crippen LogP contribution in [0, 0.1) is 5.82 Å². The van der Waals surface area contributed by atoms with Crippen molar-refractivity contribution in [2.75, 3.05) is 0 Å². The van der Waals surface area contributed by atoms with Gasteiger partial charge in [-0.15, -0.1) is 0 Å². The number of aromatic amines is 1. The van der Waals surface area contributed by atoms with Gasteiger partial charge in [-0.1, -0.05) is 12.1 Å². The number of rotatable bonds is 4. The molecule has 2 aromatic rings. The second-order valence-electron chi connectivity index (χ2n) is 6.04. The molecule has 0 aliphatic heterocycles. The van der Waals surface area contributed by atoms with E-state index in [1.807, 2.05) is 6.07 Å². The fourth-order valence-electron chi connectivity index (χ4n) is 2.88. The molecule has 5 heteroatoms. The van der Waals surface area contributed by atoms with Gasteiger partial charge in [0.1, 0.15) is 5.82 Å². The predicted octanol–water partition coefficient (Wildman–Crippen LogP) is 2.72. The number of pyridine rings is 1. The number of benzene rings is 1. The smallest absolute Gasteiger partial charge is 0.253 e. The Morgan fingerprint density at radius 2 is 2.04 bits per heavy atom. The number of aryl methyl sites for hydroxylation is 2. The quantitative estimate of drug-likeness (QED) is 0.849. The highest BCUT2D eigenvalue weighted by molar-refractivity contribution is 5.97. The van der Waals surface area contributed by atoms with Gasteiger partial charge in [-0.3, -0.25) is 9.59 Å². The standard InChI is InChI=1S/C19H19FN2O2/c1-12(9-13-5-7-16(20)8-6-13)18(23)21-11-15-10-14-3-2-4-17(14)22-19(15)24/h5-10H,2-4,11H2,1H3,(H,21,23)(H,22,24)/b12-9+. The minimum Gasteiger partial charge on any atom is -0.348 e. The molecule has 0 unspecified atom stereocenters. The molecule has 0 atom stereocenters. The lowest BCUT2D eigenvalue weighted by Gasteiger charge is -2.07. The summed E-state index contributed by atoms with van der Waals surface area (Å²) < 4.78 is 12.9. The minimum atomic E-state index is -0.315. The van der Waals surface area contributed by atoms with E-state index in [0.29, 0.717) is 11.1 Å². The van der Waals surface area contributed by atoms with Crippen molar-refractivity contribution in [2.24, 2.45) is 0 Å². The summed E-state index contributed by atoms with van der Waals surface area (Å²) in [6.07, 6.45) is 4.62. The molecular formula is C19H19FN2O2. The van der Waals surface area contributed by atoms with Crippen LogP contribution in [-0.2, 0) is 24.2 Å². The maximum Gasteiger partial charge on any atom is 0.253 e. The predicted molar refractivity (Wildman–Crippen MR) is 91.0 cm³/mol. The lowest BCUT2D eigenvalue weighted by atomic mass is 10.1. The van der Waals surface area contributed by atoms with Crippen LogP contribution < -0.4 is 10.9 Å². The lowest BCUT2D eigenvalue weighted by Crippen LogP contribution is -2.27. The highest BCUT2D eigenvalue weighted by Gasteiger charge is 2.14. The third kappa shape index (κ3) is 3.62. The molecule has 24 heavy (non-hydrogen) atoms. The fourth-order valence-corrected chi connectivity index (χ4v) is 2.88. The summed E-state index contributed by atoms with van der Waals surface area (Å²) in [5.74, 6) is -0.565. The zero-order valence-corrected chi connectivity index (χ0v) is 13.5. The van der Waals surface area contributed by atoms with Crippen molar-refractivity contribution in [3.63, 3.8) is 0 Å². The minimum absolute atomic E-state index is 0.142. The van der Waals surface area contributed by atoms with E-state index < -0.39 is 0 Å². The second kappa shape index (κ2) is 6.83. The molecule has 0 radical (unpaired) electrons. The topological polar surface area (TPSA) is 62.0 Å². The third-order valence-corrected chi connectivity index (χ3v) is 4.22. The van der Waals surface area contributed by atoms with Crippen molar-refractivity contribution in [1.82, 2.24) is 10.3 Å². The summed E-state index contributed by atoms with van der Waals surface area (Å²) in [5.41, 5.74) is 3.85. The first-order valence-electron chi connectivity index (χ1n) is 7.99. The first kappa shape index (κ1) is 16.2. The molecular weight excluding hydrogens is 307 g/mol. The molecule has 1 heterocycles. The number of aromatic nitrogens is 1. The molecule has 0 saturated carbocycles. The number of halogens is 1. The first-order chi connectivity index (χ1) is 11.5. The molecule has 0 spiro atoms. The molecule has 1 aromatic heterocycles. The van der Waals surface area contributed by atoms with E-state index >= 15 is 0 Å². The van der Waals surface area contributed by atoms with Gasteiger partial charge in [-0.05, 0) is 61.6 Å². The van der Waals surface area contributed by atoms with Crippen LogP contribution in [0.3, 0.4) is 0 Å². The highest BCUT2D eigenvalue weighted by atomic mass is 19.1. The van der Waals surface area contributed by atoms with E-state index in [1.54, 1.807) is 25.1 Å². The van der Waals surface area contributed by atoms with E-state index in [0.717, 1.165) is 36.1 Å². The molecule has 3 rings (SSSR count). The summed E-state index contributed by atoms with van der Waals surface area (Å²) >= 11 is 0. The summed E-state index contributed by atoms with van der Waals surface area (Å²) in [7, 11) is 0. The van der Waals surface area contributed by atoms with Gasteiger partial charge in [-0.25, -0.2) is 4.39 Å². The number of nitrogens with one attached hydrogen (secondary N) is 2. The van der Waals surface area contributed by atoms with Crippen molar-refractivity contribution in [3.05, 3.63) is 74.5 Å². The van der Waals surface area contributed by atoms with Crippen molar-refractivity contribution in [2.45, 2.75) is 32.7 Å². The van der Waals surface area contributed by atoms with Gasteiger partial charge in [0, 0.05) is 23.4 Å². The maximum atomic E-state index is 12.9. The van der Waals surface area contributed by atoms with Crippen LogP contribution in [0.1, 0.15) is 35.7 Å². The number of H-pyrrole nitrogens is 1. The Morgan fingerprint density at radius 1 is 1.29 bits per heavy atom. The Labute approximate surface area is 139 Å². The van der Waals surface area contributed by atoms with E-state index in [4.69, 9.17) is 0 Å². The number of hydrogen-bond donors (Lipinski definition) is 2. The summed E-state index contributed by atoms with van der Waals surface area (Å²) in [6, 6.07) is 7.80. The average Bonchev–Trinajstić information content (AvgIpc) is 3.01. The van der Waals surface area contributed by atoms with Gasteiger partial charge in [0.05, 0.1) is 0 Å². The number of carbonyl (C=O) groups is 1. The van der Waals surface area contributed by atoms with Crippen molar-refractivity contribution >= 4 is 12.0 Å². The molecule has 0 saturated heterocycles. The van der Waals surface area contributed by atoms with E-state index in [1.165, 1.54) is 12.1 Å². The largest absolute Gasteiger partial charge is 0.348 e. The van der Waals surface area contributed by atoms with Crippen LogP contribution in [0.15, 0.2) is 40.7 Å². The summed E-state index contributed by atoms with van der Waals surface area (Å²) in [4.78, 5) is 27.1. The molecule has 124 valence electrons. The monoisotopic (exact) mass is 326 g/mol. The van der Waals surface area contributed by atoms with Crippen molar-refractivity contribution < 1.29 is 9.18 Å². The Kier molecular flexibility index (Phi) is 4.60. The number of hydrogen-bond acceptors (Lipinski definition) is 2. The van der Waals surface area contributed by atoms with Crippen LogP contribution >= 0.6 is 0 Å². The first-order valence-corrected chi connectivity index (χ1v) is 7.99. The number of amides is 1. The van der Waals surface area contributed by atoms with Gasteiger partial charge >= 0.3 is 0 Å². The molecule has 0 bridgehead atoms. The van der Waals surface area contributed by atoms with Crippen molar-refractivity contribution in [1.29, 1.82) is 0 Å². The Hall–Kier alpha value is -2.69. The molecule has 1 aromatic carbocycles. The zero-order valence-electron chi connectivity index (χ0n) is 13.5. The zero-order chi connectivity index (χ0) is 17.1. The molecule has 1 aliphatic rings. The van der Waals surface area contributed by atoms with Gasteiger partial charge < -0.3 is 10.3 Å². The van der Waals surface area contributed by atoms with Crippen LogP contribution in [0.4, 0.5) is 4.39 Å². The van der Waals surface area contributed by atoms with Crippen LogP contribution in [0.5, 0.6) is 0 Å². The van der Waals surface area contributed by atoms with Crippen molar-refractivity contribution in [3.8, 4) is 0 Å². The lowest BCUT2D eigenvalue weighted by molar-refractivity contribution is -0.117. The number of carbonyl (C=O) groups excluding carboxylic acids is 1. The molecule has 4 nitrogen and oxygen atoms in total. The molecule has 1 amide bonds. The number of fused-ring (bicyclic) bond motifs is 1. The Bertz CT molecular complexity index is 851. The van der Waals surface area contributed by atoms with Gasteiger partial charge in [0.2, 0.25) is 5.91 Å².